The lowest BCUT2D eigenvalue weighted by molar-refractivity contribution is 0.319. The van der Waals surface area contributed by atoms with Gasteiger partial charge in [-0.2, -0.15) is 0 Å². The third-order valence-corrected chi connectivity index (χ3v) is 2.55. The van der Waals surface area contributed by atoms with Crippen molar-refractivity contribution in [1.29, 1.82) is 0 Å². The Hall–Kier alpha value is -2.31. The fourth-order valence-electron chi connectivity index (χ4n) is 1.65. The third-order valence-electron chi connectivity index (χ3n) is 2.55. The molecule has 0 aliphatic heterocycles. The molecule has 0 radical (unpaired) electrons. The molecule has 0 atom stereocenters. The summed E-state index contributed by atoms with van der Waals surface area (Å²) >= 11 is 0. The van der Waals surface area contributed by atoms with Crippen molar-refractivity contribution in [3.05, 3.63) is 59.9 Å². The normalized spacial score (nSPS) is 9.53. The molecule has 1 aromatic heterocycles. The third kappa shape index (κ3) is 4.13. The zero-order valence-corrected chi connectivity index (χ0v) is 10.7. The van der Waals surface area contributed by atoms with Crippen LogP contribution in [0.3, 0.4) is 0 Å². The van der Waals surface area contributed by atoms with Crippen molar-refractivity contribution in [2.24, 2.45) is 5.73 Å². The summed E-state index contributed by atoms with van der Waals surface area (Å²) in [7, 11) is 0. The highest BCUT2D eigenvalue weighted by atomic mass is 16.5. The second-order valence-corrected chi connectivity index (χ2v) is 3.92. The van der Waals surface area contributed by atoms with Crippen LogP contribution in [0.5, 0.6) is 5.75 Å². The maximum Gasteiger partial charge on any atom is 0.134 e. The van der Waals surface area contributed by atoms with Crippen molar-refractivity contribution in [3.63, 3.8) is 0 Å². The van der Waals surface area contributed by atoms with Gasteiger partial charge in [0, 0.05) is 18.3 Å². The van der Waals surface area contributed by atoms with Crippen molar-refractivity contribution in [2.75, 3.05) is 13.2 Å². The van der Waals surface area contributed by atoms with E-state index in [9.17, 15) is 0 Å². The molecule has 0 spiro atoms. The number of hydrogen-bond acceptors (Lipinski definition) is 3. The molecule has 96 valence electrons. The number of hydrogen-bond donors (Lipinski definition) is 1. The average molecular weight is 252 g/mol. The predicted octanol–water partition coefficient (Wildman–Crippen LogP) is 2.01. The van der Waals surface area contributed by atoms with Gasteiger partial charge in [0.25, 0.3) is 0 Å². The molecule has 3 heteroatoms. The molecular weight excluding hydrogens is 236 g/mol. The average Bonchev–Trinajstić information content (AvgIpc) is 2.47. The summed E-state index contributed by atoms with van der Waals surface area (Å²) in [6.07, 6.45) is 2.56. The van der Waals surface area contributed by atoms with Gasteiger partial charge in [-0.15, -0.1) is 0 Å². The maximum absolute atomic E-state index is 5.75. The monoisotopic (exact) mass is 252 g/mol. The Morgan fingerprint density at radius 2 is 1.95 bits per heavy atom. The molecule has 0 aliphatic carbocycles. The van der Waals surface area contributed by atoms with Crippen molar-refractivity contribution < 1.29 is 4.74 Å². The first-order chi connectivity index (χ1) is 9.40. The number of nitrogens with two attached hydrogens (primary N) is 1. The Morgan fingerprint density at radius 3 is 2.74 bits per heavy atom. The zero-order valence-electron chi connectivity index (χ0n) is 10.7. The topological polar surface area (TPSA) is 48.1 Å². The molecule has 0 aliphatic rings. The smallest absolute Gasteiger partial charge is 0.134 e. The molecule has 1 heterocycles. The van der Waals surface area contributed by atoms with Gasteiger partial charge >= 0.3 is 0 Å². The highest BCUT2D eigenvalue weighted by molar-refractivity contribution is 5.45. The fraction of sp³-hybridized carbons (Fsp3) is 0.188. The van der Waals surface area contributed by atoms with E-state index in [1.165, 1.54) is 0 Å². The quantitative estimate of drug-likeness (QED) is 0.847. The summed E-state index contributed by atoms with van der Waals surface area (Å²) in [5.74, 6) is 6.64. The summed E-state index contributed by atoms with van der Waals surface area (Å²) in [6.45, 7) is 0.931. The van der Waals surface area contributed by atoms with Gasteiger partial charge in [0.15, 0.2) is 0 Å². The van der Waals surface area contributed by atoms with Gasteiger partial charge in [0.05, 0.1) is 18.7 Å². The Morgan fingerprint density at radius 1 is 1.11 bits per heavy atom. The number of benzene rings is 1. The molecule has 0 saturated carbocycles. The van der Waals surface area contributed by atoms with Gasteiger partial charge < -0.3 is 10.5 Å². The molecule has 0 unspecified atom stereocenters. The van der Waals surface area contributed by atoms with E-state index in [4.69, 9.17) is 10.5 Å². The molecule has 2 rings (SSSR count). The predicted molar refractivity (Wildman–Crippen MR) is 75.8 cm³/mol. The molecule has 0 saturated heterocycles. The highest BCUT2D eigenvalue weighted by Gasteiger charge is 2.00. The summed E-state index contributed by atoms with van der Waals surface area (Å²) in [6, 6.07) is 13.6. The number of pyridine rings is 1. The number of aromatic nitrogens is 1. The standard InChI is InChI=1S/C16H16N2O/c17-11-5-7-14-6-1-2-9-16(14)19-13-10-15-8-3-4-12-18-15/h1-4,6,8-9,12H,10-11,13,17H2. The van der Waals surface area contributed by atoms with Crippen molar-refractivity contribution in [3.8, 4) is 17.6 Å². The molecule has 0 fully saturated rings. The number of ether oxygens (including phenoxy) is 1. The first kappa shape index (κ1) is 13.1. The summed E-state index contributed by atoms with van der Waals surface area (Å²) in [5, 5.41) is 0. The molecule has 0 amide bonds. The minimum atomic E-state index is 0.349. The van der Waals surface area contributed by atoms with Gasteiger partial charge in [0.2, 0.25) is 0 Å². The Bertz CT molecular complexity index is 570. The molecule has 2 aromatic rings. The highest BCUT2D eigenvalue weighted by Crippen LogP contribution is 2.16. The first-order valence-corrected chi connectivity index (χ1v) is 6.21. The lowest BCUT2D eigenvalue weighted by Crippen LogP contribution is -2.03. The van der Waals surface area contributed by atoms with Gasteiger partial charge in [0.1, 0.15) is 5.75 Å². The van der Waals surface area contributed by atoms with E-state index in [0.29, 0.717) is 13.2 Å². The van der Waals surface area contributed by atoms with E-state index in [2.05, 4.69) is 16.8 Å². The fourth-order valence-corrected chi connectivity index (χ4v) is 1.65. The summed E-state index contributed by atoms with van der Waals surface area (Å²) in [5.41, 5.74) is 7.27. The Labute approximate surface area is 113 Å². The SMILES string of the molecule is NCC#Cc1ccccc1OCCc1ccccn1. The molecular formula is C16H16N2O. The second kappa shape index (κ2) is 7.20. The van der Waals surface area contributed by atoms with Crippen LogP contribution in [0.2, 0.25) is 0 Å². The van der Waals surface area contributed by atoms with E-state index in [0.717, 1.165) is 23.4 Å². The van der Waals surface area contributed by atoms with Crippen LogP contribution >= 0.6 is 0 Å². The van der Waals surface area contributed by atoms with Crippen LogP contribution in [-0.2, 0) is 6.42 Å². The minimum Gasteiger partial charge on any atom is -0.492 e. The largest absolute Gasteiger partial charge is 0.492 e. The van der Waals surface area contributed by atoms with E-state index in [1.807, 2.05) is 42.5 Å². The molecule has 1 aromatic carbocycles. The van der Waals surface area contributed by atoms with Crippen LogP contribution < -0.4 is 10.5 Å². The van der Waals surface area contributed by atoms with Crippen LogP contribution in [-0.4, -0.2) is 18.1 Å². The van der Waals surface area contributed by atoms with E-state index in [-0.39, 0.29) is 0 Å². The van der Waals surface area contributed by atoms with Gasteiger partial charge in [-0.25, -0.2) is 0 Å². The van der Waals surface area contributed by atoms with Crippen molar-refractivity contribution in [1.82, 2.24) is 4.98 Å². The lowest BCUT2D eigenvalue weighted by Gasteiger charge is -2.07. The lowest BCUT2D eigenvalue weighted by atomic mass is 10.2. The molecule has 2 N–H and O–H groups in total. The number of nitrogens with zero attached hydrogens (tertiary/aromatic N) is 1. The van der Waals surface area contributed by atoms with Crippen LogP contribution in [0.15, 0.2) is 48.7 Å². The van der Waals surface area contributed by atoms with Crippen molar-refractivity contribution >= 4 is 0 Å². The van der Waals surface area contributed by atoms with Gasteiger partial charge in [-0.1, -0.05) is 30.0 Å². The molecule has 0 bridgehead atoms. The summed E-state index contributed by atoms with van der Waals surface area (Å²) in [4.78, 5) is 4.26. The number of rotatable bonds is 4. The minimum absolute atomic E-state index is 0.349. The van der Waals surface area contributed by atoms with Crippen molar-refractivity contribution in [2.45, 2.75) is 6.42 Å². The molecule has 19 heavy (non-hydrogen) atoms. The zero-order chi connectivity index (χ0) is 13.3. The van der Waals surface area contributed by atoms with E-state index in [1.54, 1.807) is 6.20 Å². The van der Waals surface area contributed by atoms with Crippen LogP contribution in [0.1, 0.15) is 11.3 Å². The van der Waals surface area contributed by atoms with Crippen LogP contribution in [0, 0.1) is 11.8 Å². The second-order valence-electron chi connectivity index (χ2n) is 3.92. The van der Waals surface area contributed by atoms with E-state index < -0.39 is 0 Å². The van der Waals surface area contributed by atoms with E-state index >= 15 is 0 Å². The van der Waals surface area contributed by atoms with Gasteiger partial charge in [-0.3, -0.25) is 4.98 Å². The van der Waals surface area contributed by atoms with Gasteiger partial charge in [-0.05, 0) is 24.3 Å². The van der Waals surface area contributed by atoms with Crippen LogP contribution in [0.4, 0.5) is 0 Å². The molecule has 3 nitrogen and oxygen atoms in total. The Balaban J connectivity index is 1.96. The maximum atomic E-state index is 5.75. The Kier molecular flexibility index (Phi) is 4.97. The van der Waals surface area contributed by atoms with Crippen LogP contribution in [0.25, 0.3) is 0 Å². The summed E-state index contributed by atoms with van der Waals surface area (Å²) < 4.78 is 5.75. The number of para-hydroxylation sites is 1. The first-order valence-electron chi connectivity index (χ1n) is 6.21.